The van der Waals surface area contributed by atoms with Crippen molar-refractivity contribution in [1.29, 1.82) is 0 Å². The van der Waals surface area contributed by atoms with Crippen molar-refractivity contribution in [2.24, 2.45) is 5.73 Å². The van der Waals surface area contributed by atoms with E-state index in [1.54, 1.807) is 0 Å². The molecule has 20 heavy (non-hydrogen) atoms. The number of hydrogen-bond acceptors (Lipinski definition) is 4. The van der Waals surface area contributed by atoms with Crippen LogP contribution in [0.4, 0.5) is 13.2 Å². The Bertz CT molecular complexity index is 543. The van der Waals surface area contributed by atoms with E-state index in [4.69, 9.17) is 10.5 Å². The van der Waals surface area contributed by atoms with E-state index < -0.39 is 11.7 Å². The molecule has 0 saturated heterocycles. The zero-order valence-corrected chi connectivity index (χ0v) is 10.9. The number of rotatable bonds is 3. The fourth-order valence-corrected chi connectivity index (χ4v) is 1.33. The monoisotopic (exact) mass is 305 g/mol. The Kier molecular flexibility index (Phi) is 5.29. The number of hydrogen-bond donors (Lipinski definition) is 1. The van der Waals surface area contributed by atoms with Crippen molar-refractivity contribution in [3.63, 3.8) is 0 Å². The molecule has 4 nitrogen and oxygen atoms in total. The average molecular weight is 306 g/mol. The maximum Gasteiger partial charge on any atom is 0.416 e. The van der Waals surface area contributed by atoms with Gasteiger partial charge in [-0.3, -0.25) is 4.98 Å². The third-order valence-electron chi connectivity index (χ3n) is 2.29. The van der Waals surface area contributed by atoms with Gasteiger partial charge in [-0.25, -0.2) is 4.98 Å². The van der Waals surface area contributed by atoms with E-state index >= 15 is 0 Å². The zero-order chi connectivity index (χ0) is 13.9. The molecule has 2 rings (SSSR count). The summed E-state index contributed by atoms with van der Waals surface area (Å²) >= 11 is 0. The normalized spacial score (nSPS) is 10.8. The maximum atomic E-state index is 12.4. The standard InChI is InChI=1S/C12H10F3N3O.ClH/c13-12(14,15)8-1-3-10(4-2-8)19-11-7-17-9(5-16)6-18-11;/h1-4,6-7H,5,16H2;1H. The van der Waals surface area contributed by atoms with Crippen LogP contribution in [-0.4, -0.2) is 9.97 Å². The molecule has 0 aliphatic carbocycles. The molecule has 8 heteroatoms. The first-order valence-electron chi connectivity index (χ1n) is 5.35. The SMILES string of the molecule is Cl.NCc1cnc(Oc2ccc(C(F)(F)F)cc2)cn1. The van der Waals surface area contributed by atoms with Gasteiger partial charge in [0.2, 0.25) is 5.88 Å². The smallest absolute Gasteiger partial charge is 0.416 e. The molecule has 108 valence electrons. The van der Waals surface area contributed by atoms with Gasteiger partial charge >= 0.3 is 6.18 Å². The summed E-state index contributed by atoms with van der Waals surface area (Å²) in [6.45, 7) is 0.257. The predicted octanol–water partition coefficient (Wildman–Crippen LogP) is 3.17. The van der Waals surface area contributed by atoms with Crippen molar-refractivity contribution in [1.82, 2.24) is 9.97 Å². The number of ether oxygens (including phenoxy) is 1. The molecule has 0 radical (unpaired) electrons. The van der Waals surface area contributed by atoms with Gasteiger partial charge in [-0.05, 0) is 24.3 Å². The van der Waals surface area contributed by atoms with Gasteiger partial charge in [0.05, 0.1) is 23.7 Å². The third-order valence-corrected chi connectivity index (χ3v) is 2.29. The molecule has 0 aliphatic heterocycles. The molecule has 0 bridgehead atoms. The van der Waals surface area contributed by atoms with Crippen molar-refractivity contribution in [2.45, 2.75) is 12.7 Å². The first-order chi connectivity index (χ1) is 8.99. The minimum Gasteiger partial charge on any atom is -0.438 e. The van der Waals surface area contributed by atoms with Crippen molar-refractivity contribution in [2.75, 3.05) is 0 Å². The maximum absolute atomic E-state index is 12.4. The molecule has 0 aliphatic rings. The lowest BCUT2D eigenvalue weighted by Crippen LogP contribution is -2.04. The van der Waals surface area contributed by atoms with Crippen LogP contribution in [0.2, 0.25) is 0 Å². The Morgan fingerprint density at radius 3 is 2.15 bits per heavy atom. The Labute approximate surface area is 119 Å². The number of halogens is 4. The molecule has 0 unspecified atom stereocenters. The summed E-state index contributed by atoms with van der Waals surface area (Å²) in [4.78, 5) is 7.89. The Morgan fingerprint density at radius 1 is 1.05 bits per heavy atom. The minimum atomic E-state index is -4.36. The van der Waals surface area contributed by atoms with Crippen LogP contribution < -0.4 is 10.5 Å². The summed E-state index contributed by atoms with van der Waals surface area (Å²) < 4.78 is 42.3. The number of benzene rings is 1. The van der Waals surface area contributed by atoms with E-state index in [2.05, 4.69) is 9.97 Å². The summed E-state index contributed by atoms with van der Waals surface area (Å²) in [5.41, 5.74) is 5.22. The first-order valence-corrected chi connectivity index (χ1v) is 5.35. The first kappa shape index (κ1) is 16.2. The molecular weight excluding hydrogens is 295 g/mol. The van der Waals surface area contributed by atoms with Crippen molar-refractivity contribution >= 4 is 12.4 Å². The van der Waals surface area contributed by atoms with Gasteiger partial charge in [-0.2, -0.15) is 13.2 Å². The Balaban J connectivity index is 0.00000200. The predicted molar refractivity (Wildman–Crippen MR) is 68.7 cm³/mol. The second kappa shape index (κ2) is 6.53. The van der Waals surface area contributed by atoms with E-state index in [-0.39, 0.29) is 30.6 Å². The molecule has 1 heterocycles. The highest BCUT2D eigenvalue weighted by Crippen LogP contribution is 2.30. The Hall–Kier alpha value is -1.86. The highest BCUT2D eigenvalue weighted by Gasteiger charge is 2.30. The number of alkyl halides is 3. The summed E-state index contributed by atoms with van der Waals surface area (Å²) in [7, 11) is 0. The molecular formula is C12H11ClF3N3O. The number of nitrogens with two attached hydrogens (primary N) is 1. The molecule has 2 N–H and O–H groups in total. The average Bonchev–Trinajstić information content (AvgIpc) is 2.39. The number of aromatic nitrogens is 2. The van der Waals surface area contributed by atoms with Gasteiger partial charge < -0.3 is 10.5 Å². The van der Waals surface area contributed by atoms with Gasteiger partial charge in [0, 0.05) is 6.54 Å². The fourth-order valence-electron chi connectivity index (χ4n) is 1.33. The zero-order valence-electron chi connectivity index (χ0n) is 10.1. The largest absolute Gasteiger partial charge is 0.438 e. The fraction of sp³-hybridized carbons (Fsp3) is 0.167. The molecule has 1 aromatic carbocycles. The van der Waals surface area contributed by atoms with Gasteiger partial charge in [0.15, 0.2) is 0 Å². The number of nitrogens with zero attached hydrogens (tertiary/aromatic N) is 2. The quantitative estimate of drug-likeness (QED) is 0.946. The van der Waals surface area contributed by atoms with Crippen molar-refractivity contribution < 1.29 is 17.9 Å². The summed E-state index contributed by atoms with van der Waals surface area (Å²) in [6.07, 6.45) is -1.56. The lowest BCUT2D eigenvalue weighted by atomic mass is 10.2. The van der Waals surface area contributed by atoms with Crippen LogP contribution >= 0.6 is 12.4 Å². The van der Waals surface area contributed by atoms with Gasteiger partial charge in [0.25, 0.3) is 0 Å². The summed E-state index contributed by atoms with van der Waals surface area (Å²) in [5, 5.41) is 0. The highest BCUT2D eigenvalue weighted by molar-refractivity contribution is 5.85. The second-order valence-electron chi connectivity index (χ2n) is 3.67. The molecule has 0 amide bonds. The van der Waals surface area contributed by atoms with Crippen molar-refractivity contribution in [3.8, 4) is 11.6 Å². The molecule has 0 atom stereocenters. The van der Waals surface area contributed by atoms with Crippen LogP contribution in [0.1, 0.15) is 11.3 Å². The van der Waals surface area contributed by atoms with E-state index in [0.717, 1.165) is 12.1 Å². The van der Waals surface area contributed by atoms with E-state index in [1.165, 1.54) is 24.5 Å². The van der Waals surface area contributed by atoms with Crippen LogP contribution in [-0.2, 0) is 12.7 Å². The van der Waals surface area contributed by atoms with Gasteiger partial charge in [-0.15, -0.1) is 12.4 Å². The summed E-state index contributed by atoms with van der Waals surface area (Å²) in [5.74, 6) is 0.444. The van der Waals surface area contributed by atoms with Crippen LogP contribution in [0.25, 0.3) is 0 Å². The minimum absolute atomic E-state index is 0. The summed E-state index contributed by atoms with van der Waals surface area (Å²) in [6, 6.07) is 4.33. The lowest BCUT2D eigenvalue weighted by molar-refractivity contribution is -0.137. The molecule has 0 fully saturated rings. The highest BCUT2D eigenvalue weighted by atomic mass is 35.5. The lowest BCUT2D eigenvalue weighted by Gasteiger charge is -2.08. The van der Waals surface area contributed by atoms with Crippen LogP contribution in [0.15, 0.2) is 36.7 Å². The van der Waals surface area contributed by atoms with Crippen LogP contribution in [0.5, 0.6) is 11.6 Å². The van der Waals surface area contributed by atoms with Crippen LogP contribution in [0.3, 0.4) is 0 Å². The molecule has 1 aromatic heterocycles. The van der Waals surface area contributed by atoms with Gasteiger partial charge in [0.1, 0.15) is 5.75 Å². The van der Waals surface area contributed by atoms with Gasteiger partial charge in [-0.1, -0.05) is 0 Å². The van der Waals surface area contributed by atoms with E-state index in [9.17, 15) is 13.2 Å². The van der Waals surface area contributed by atoms with E-state index in [1.807, 2.05) is 0 Å². The van der Waals surface area contributed by atoms with Crippen molar-refractivity contribution in [3.05, 3.63) is 47.9 Å². The topological polar surface area (TPSA) is 61.0 Å². The molecule has 0 spiro atoms. The Morgan fingerprint density at radius 2 is 1.70 bits per heavy atom. The third kappa shape index (κ3) is 4.07. The van der Waals surface area contributed by atoms with Crippen LogP contribution in [0, 0.1) is 0 Å². The van der Waals surface area contributed by atoms with E-state index in [0.29, 0.717) is 5.69 Å². The molecule has 0 saturated carbocycles. The second-order valence-corrected chi connectivity index (χ2v) is 3.67. The molecule has 2 aromatic rings.